The van der Waals surface area contributed by atoms with Gasteiger partial charge in [0.1, 0.15) is 13.1 Å². The van der Waals surface area contributed by atoms with Crippen molar-refractivity contribution in [2.75, 3.05) is 19.8 Å². The van der Waals surface area contributed by atoms with Crippen molar-refractivity contribution >= 4 is 26.6 Å². The number of fused-ring (bicyclic) bond motifs is 1. The van der Waals surface area contributed by atoms with Gasteiger partial charge in [-0.3, -0.25) is 14.2 Å². The molecule has 1 aromatic carbocycles. The molecule has 0 aliphatic rings. The van der Waals surface area contributed by atoms with Gasteiger partial charge in [0.15, 0.2) is 9.84 Å². The van der Waals surface area contributed by atoms with Crippen LogP contribution >= 0.6 is 0 Å². The van der Waals surface area contributed by atoms with E-state index in [2.05, 4.69) is 4.98 Å². The minimum atomic E-state index is -4.55. The molecule has 0 N–H and O–H groups in total. The zero-order valence-electron chi connectivity index (χ0n) is 13.2. The Balaban J connectivity index is 2.38. The van der Waals surface area contributed by atoms with Gasteiger partial charge in [-0.25, -0.2) is 13.4 Å². The van der Waals surface area contributed by atoms with Gasteiger partial charge in [0.25, 0.3) is 5.56 Å². The molecule has 0 radical (unpaired) electrons. The fourth-order valence-corrected chi connectivity index (χ4v) is 2.75. The number of benzene rings is 1. The molecule has 7 nitrogen and oxygen atoms in total. The zero-order valence-corrected chi connectivity index (χ0v) is 14.1. The summed E-state index contributed by atoms with van der Waals surface area (Å²) in [5.74, 6) is -0.931. The third-order valence-corrected chi connectivity index (χ3v) is 4.48. The Morgan fingerprint density at radius 3 is 2.52 bits per heavy atom. The molecule has 0 atom stereocenters. The lowest BCUT2D eigenvalue weighted by atomic mass is 10.2. The topological polar surface area (TPSA) is 89.3 Å². The summed E-state index contributed by atoms with van der Waals surface area (Å²) in [5.41, 5.74) is -0.506. The summed E-state index contributed by atoms with van der Waals surface area (Å²) >= 11 is 0. The molecule has 2 rings (SSSR count). The zero-order chi connectivity index (χ0) is 19.0. The summed E-state index contributed by atoms with van der Waals surface area (Å²) in [6, 6.07) is 3.76. The molecule has 0 bridgehead atoms. The highest BCUT2D eigenvalue weighted by Crippen LogP contribution is 2.16. The van der Waals surface area contributed by atoms with Gasteiger partial charge in [0.2, 0.25) is 5.91 Å². The Hall–Kier alpha value is -2.43. The average Bonchev–Trinajstić information content (AvgIpc) is 2.47. The normalized spacial score (nSPS) is 12.4. The molecule has 2 aromatic rings. The summed E-state index contributed by atoms with van der Waals surface area (Å²) in [6.07, 6.45) is -2.55. The van der Waals surface area contributed by atoms with E-state index in [1.54, 1.807) is 0 Å². The quantitative estimate of drug-likeness (QED) is 0.787. The Bertz CT molecular complexity index is 983. The summed E-state index contributed by atoms with van der Waals surface area (Å²) < 4.78 is 60.9. The van der Waals surface area contributed by atoms with Gasteiger partial charge in [-0.05, 0) is 18.2 Å². The molecule has 0 saturated heterocycles. The molecule has 136 valence electrons. The van der Waals surface area contributed by atoms with E-state index in [4.69, 9.17) is 0 Å². The van der Waals surface area contributed by atoms with Gasteiger partial charge in [-0.1, -0.05) is 0 Å². The summed E-state index contributed by atoms with van der Waals surface area (Å²) in [4.78, 5) is 28.5. The smallest absolute Gasteiger partial charge is 0.335 e. The van der Waals surface area contributed by atoms with Crippen LogP contribution in [0.3, 0.4) is 0 Å². The summed E-state index contributed by atoms with van der Waals surface area (Å²) in [6.45, 7) is -2.09. The second-order valence-electron chi connectivity index (χ2n) is 5.49. The van der Waals surface area contributed by atoms with Crippen LogP contribution < -0.4 is 5.56 Å². The van der Waals surface area contributed by atoms with Crippen LogP contribution in [0.1, 0.15) is 0 Å². The monoisotopic (exact) mass is 377 g/mol. The largest absolute Gasteiger partial charge is 0.406 e. The molecule has 1 aromatic heterocycles. The number of rotatable bonds is 4. The number of amides is 1. The molecular formula is C14H14F3N3O4S. The van der Waals surface area contributed by atoms with Gasteiger partial charge in [0, 0.05) is 13.3 Å². The maximum atomic E-state index is 12.4. The Kier molecular flexibility index (Phi) is 4.89. The van der Waals surface area contributed by atoms with Crippen LogP contribution in [0.25, 0.3) is 10.9 Å². The fourth-order valence-electron chi connectivity index (χ4n) is 2.10. The van der Waals surface area contributed by atoms with E-state index in [0.717, 1.165) is 30.3 Å². The SMILES string of the molecule is CN(CC(F)(F)F)C(=O)Cn1cnc2ccc(S(C)(=O)=O)cc2c1=O. The lowest BCUT2D eigenvalue weighted by molar-refractivity contribution is -0.158. The van der Waals surface area contributed by atoms with Crippen LogP contribution in [0.2, 0.25) is 0 Å². The third-order valence-electron chi connectivity index (χ3n) is 3.37. The molecule has 0 fully saturated rings. The Morgan fingerprint density at radius 2 is 1.96 bits per heavy atom. The van der Waals surface area contributed by atoms with Crippen LogP contribution in [-0.2, 0) is 21.2 Å². The highest BCUT2D eigenvalue weighted by atomic mass is 32.2. The third kappa shape index (κ3) is 4.56. The number of aromatic nitrogens is 2. The molecule has 11 heteroatoms. The Labute approximate surface area is 140 Å². The maximum Gasteiger partial charge on any atom is 0.406 e. The second-order valence-corrected chi connectivity index (χ2v) is 7.51. The van der Waals surface area contributed by atoms with Crippen LogP contribution in [0.5, 0.6) is 0 Å². The van der Waals surface area contributed by atoms with E-state index >= 15 is 0 Å². The number of hydrogen-bond acceptors (Lipinski definition) is 5. The molecule has 1 heterocycles. The van der Waals surface area contributed by atoms with E-state index in [9.17, 15) is 31.2 Å². The fraction of sp³-hybridized carbons (Fsp3) is 0.357. The number of halogens is 3. The maximum absolute atomic E-state index is 12.4. The van der Waals surface area contributed by atoms with Crippen LogP contribution in [0, 0.1) is 0 Å². The lowest BCUT2D eigenvalue weighted by Gasteiger charge is -2.19. The van der Waals surface area contributed by atoms with Gasteiger partial charge < -0.3 is 4.90 Å². The Morgan fingerprint density at radius 1 is 1.32 bits per heavy atom. The number of hydrogen-bond donors (Lipinski definition) is 0. The van der Waals surface area contributed by atoms with E-state index in [0.29, 0.717) is 4.90 Å². The number of carbonyl (C=O) groups is 1. The van der Waals surface area contributed by atoms with Crippen molar-refractivity contribution in [1.82, 2.24) is 14.5 Å². The standard InChI is InChI=1S/C14H14F3N3O4S/c1-19(7-14(15,16)17)12(21)6-20-8-18-11-4-3-9(25(2,23)24)5-10(11)13(20)22/h3-5,8H,6-7H2,1-2H3. The lowest BCUT2D eigenvalue weighted by Crippen LogP contribution is -2.39. The molecule has 25 heavy (non-hydrogen) atoms. The molecular weight excluding hydrogens is 363 g/mol. The predicted molar refractivity (Wildman–Crippen MR) is 82.8 cm³/mol. The minimum Gasteiger partial charge on any atom is -0.335 e. The van der Waals surface area contributed by atoms with Crippen molar-refractivity contribution in [3.8, 4) is 0 Å². The summed E-state index contributed by atoms with van der Waals surface area (Å²) in [5, 5.41) is -0.0447. The van der Waals surface area contributed by atoms with Gasteiger partial charge in [-0.2, -0.15) is 13.2 Å². The van der Waals surface area contributed by atoms with E-state index in [1.165, 1.54) is 12.1 Å². The van der Waals surface area contributed by atoms with Crippen molar-refractivity contribution in [3.05, 3.63) is 34.9 Å². The van der Waals surface area contributed by atoms with Crippen molar-refractivity contribution in [2.45, 2.75) is 17.6 Å². The van der Waals surface area contributed by atoms with E-state index in [-0.39, 0.29) is 15.8 Å². The van der Waals surface area contributed by atoms with E-state index < -0.39 is 40.6 Å². The molecule has 0 aliphatic carbocycles. The van der Waals surface area contributed by atoms with Crippen molar-refractivity contribution in [1.29, 1.82) is 0 Å². The first kappa shape index (κ1) is 18.9. The number of likely N-dealkylation sites (N-methyl/N-ethyl adjacent to an activating group) is 1. The number of nitrogens with zero attached hydrogens (tertiary/aromatic N) is 3. The van der Waals surface area contributed by atoms with Crippen molar-refractivity contribution < 1.29 is 26.4 Å². The highest BCUT2D eigenvalue weighted by molar-refractivity contribution is 7.90. The predicted octanol–water partition coefficient (Wildman–Crippen LogP) is 0.821. The van der Waals surface area contributed by atoms with E-state index in [1.807, 2.05) is 0 Å². The minimum absolute atomic E-state index is 0.0447. The van der Waals surface area contributed by atoms with Gasteiger partial charge in [0.05, 0.1) is 22.1 Å². The summed E-state index contributed by atoms with van der Waals surface area (Å²) in [7, 11) is -2.59. The van der Waals surface area contributed by atoms with Crippen LogP contribution in [-0.4, -0.2) is 54.8 Å². The molecule has 0 unspecified atom stereocenters. The number of alkyl halides is 3. The average molecular weight is 377 g/mol. The van der Waals surface area contributed by atoms with Crippen molar-refractivity contribution in [2.24, 2.45) is 0 Å². The first-order chi connectivity index (χ1) is 11.4. The highest BCUT2D eigenvalue weighted by Gasteiger charge is 2.31. The van der Waals surface area contributed by atoms with Crippen LogP contribution in [0.15, 0.2) is 34.2 Å². The number of carbonyl (C=O) groups excluding carboxylic acids is 1. The first-order valence-corrected chi connectivity index (χ1v) is 8.77. The second kappa shape index (κ2) is 6.47. The van der Waals surface area contributed by atoms with Crippen LogP contribution in [0.4, 0.5) is 13.2 Å². The molecule has 1 amide bonds. The van der Waals surface area contributed by atoms with Gasteiger partial charge >= 0.3 is 6.18 Å². The molecule has 0 saturated carbocycles. The first-order valence-electron chi connectivity index (χ1n) is 6.88. The number of sulfone groups is 1. The van der Waals surface area contributed by atoms with Gasteiger partial charge in [-0.15, -0.1) is 0 Å². The molecule has 0 spiro atoms. The molecule has 0 aliphatic heterocycles. The van der Waals surface area contributed by atoms with Crippen molar-refractivity contribution in [3.63, 3.8) is 0 Å².